The lowest BCUT2D eigenvalue weighted by Crippen LogP contribution is -2.11. The normalized spacial score (nSPS) is 10.3. The van der Waals surface area contributed by atoms with E-state index in [9.17, 15) is 4.79 Å². The van der Waals surface area contributed by atoms with Crippen LogP contribution in [0.1, 0.15) is 12.8 Å². The monoisotopic (exact) mass is 245 g/mol. The molecule has 3 N–H and O–H groups in total. The molecule has 0 aliphatic heterocycles. The van der Waals surface area contributed by atoms with Crippen molar-refractivity contribution in [3.05, 3.63) is 36.8 Å². The van der Waals surface area contributed by atoms with E-state index in [0.29, 0.717) is 12.8 Å². The Labute approximate surface area is 105 Å². The van der Waals surface area contributed by atoms with Crippen LogP contribution in [0.15, 0.2) is 36.8 Å². The van der Waals surface area contributed by atoms with Crippen molar-refractivity contribution < 1.29 is 9.90 Å². The molecule has 18 heavy (non-hydrogen) atoms. The van der Waals surface area contributed by atoms with Gasteiger partial charge in [0, 0.05) is 18.7 Å². The van der Waals surface area contributed by atoms with Gasteiger partial charge in [-0.1, -0.05) is 12.1 Å². The fourth-order valence-corrected chi connectivity index (χ4v) is 1.61. The van der Waals surface area contributed by atoms with Gasteiger partial charge in [0.2, 0.25) is 5.91 Å². The first-order valence-electron chi connectivity index (χ1n) is 5.79. The van der Waals surface area contributed by atoms with Crippen molar-refractivity contribution in [2.75, 3.05) is 11.9 Å². The van der Waals surface area contributed by atoms with Gasteiger partial charge < -0.3 is 15.4 Å². The summed E-state index contributed by atoms with van der Waals surface area (Å²) in [6, 6.07) is 7.50. The molecule has 0 aliphatic carbocycles. The predicted octanol–water partition coefficient (Wildman–Crippen LogP) is 1.79. The Hall–Kier alpha value is -2.14. The lowest BCUT2D eigenvalue weighted by Gasteiger charge is -2.05. The number of nitrogens with one attached hydrogen (secondary N) is 2. The third-order valence-corrected chi connectivity index (χ3v) is 2.54. The van der Waals surface area contributed by atoms with Crippen LogP contribution in [0.3, 0.4) is 0 Å². The molecule has 0 spiro atoms. The summed E-state index contributed by atoms with van der Waals surface area (Å²) in [4.78, 5) is 18.4. The van der Waals surface area contributed by atoms with Gasteiger partial charge in [-0.15, -0.1) is 0 Å². The number of imidazole rings is 1. The number of H-pyrrole nitrogens is 1. The first kappa shape index (κ1) is 12.3. The molecule has 5 heteroatoms. The molecule has 0 saturated carbocycles. The van der Waals surface area contributed by atoms with Crippen LogP contribution in [0.25, 0.3) is 11.3 Å². The molecule has 0 aliphatic rings. The van der Waals surface area contributed by atoms with Crippen LogP contribution in [0.2, 0.25) is 0 Å². The third kappa shape index (κ3) is 3.18. The molecule has 0 unspecified atom stereocenters. The number of rotatable bonds is 5. The number of anilines is 1. The molecule has 0 radical (unpaired) electrons. The number of nitrogens with zero attached hydrogens (tertiary/aromatic N) is 1. The topological polar surface area (TPSA) is 78.0 Å². The quantitative estimate of drug-likeness (QED) is 0.751. The van der Waals surface area contributed by atoms with Crippen LogP contribution >= 0.6 is 0 Å². The average molecular weight is 245 g/mol. The highest BCUT2D eigenvalue weighted by Crippen LogP contribution is 2.18. The molecule has 1 amide bonds. The van der Waals surface area contributed by atoms with E-state index < -0.39 is 0 Å². The van der Waals surface area contributed by atoms with Crippen molar-refractivity contribution >= 4 is 11.6 Å². The summed E-state index contributed by atoms with van der Waals surface area (Å²) in [5, 5.41) is 11.4. The summed E-state index contributed by atoms with van der Waals surface area (Å²) in [6.07, 6.45) is 4.19. The average Bonchev–Trinajstić information content (AvgIpc) is 2.91. The van der Waals surface area contributed by atoms with Gasteiger partial charge in [0.15, 0.2) is 0 Å². The third-order valence-electron chi connectivity index (χ3n) is 2.54. The molecule has 0 fully saturated rings. The second-order valence-electron chi connectivity index (χ2n) is 3.92. The Bertz CT molecular complexity index is 491. The van der Waals surface area contributed by atoms with Gasteiger partial charge in [0.05, 0.1) is 18.2 Å². The number of hydrogen-bond donors (Lipinski definition) is 3. The van der Waals surface area contributed by atoms with E-state index in [1.54, 1.807) is 12.5 Å². The van der Waals surface area contributed by atoms with Crippen LogP contribution in [-0.4, -0.2) is 27.6 Å². The zero-order chi connectivity index (χ0) is 12.8. The summed E-state index contributed by atoms with van der Waals surface area (Å²) >= 11 is 0. The maximum atomic E-state index is 11.4. The van der Waals surface area contributed by atoms with Crippen LogP contribution < -0.4 is 5.32 Å². The van der Waals surface area contributed by atoms with Crippen LogP contribution in [0.4, 0.5) is 5.69 Å². The maximum Gasteiger partial charge on any atom is 0.224 e. The molecule has 5 nitrogen and oxygen atoms in total. The van der Waals surface area contributed by atoms with Gasteiger partial charge >= 0.3 is 0 Å². The molecule has 1 aromatic carbocycles. The lowest BCUT2D eigenvalue weighted by atomic mass is 10.1. The first-order valence-corrected chi connectivity index (χ1v) is 5.79. The highest BCUT2D eigenvalue weighted by atomic mass is 16.3. The minimum absolute atomic E-state index is 0.0339. The SMILES string of the molecule is O=C(CCCO)Nc1ccc(-c2cnc[nH]2)cc1. The molecular formula is C13H15N3O2. The van der Waals surface area contributed by atoms with Gasteiger partial charge in [0.1, 0.15) is 0 Å². The molecular weight excluding hydrogens is 230 g/mol. The van der Waals surface area contributed by atoms with Gasteiger partial charge in [-0.25, -0.2) is 4.98 Å². The Morgan fingerprint density at radius 3 is 2.72 bits per heavy atom. The van der Waals surface area contributed by atoms with Gasteiger partial charge in [-0.2, -0.15) is 0 Å². The molecule has 2 rings (SSSR count). The van der Waals surface area contributed by atoms with E-state index in [0.717, 1.165) is 16.9 Å². The van der Waals surface area contributed by atoms with Crippen LogP contribution in [0, 0.1) is 0 Å². The Morgan fingerprint density at radius 1 is 1.33 bits per heavy atom. The lowest BCUT2D eigenvalue weighted by molar-refractivity contribution is -0.116. The molecule has 0 atom stereocenters. The second kappa shape index (κ2) is 5.97. The van der Waals surface area contributed by atoms with E-state index in [-0.39, 0.29) is 12.5 Å². The number of aliphatic hydroxyl groups excluding tert-OH is 1. The van der Waals surface area contributed by atoms with Gasteiger partial charge in [-0.05, 0) is 24.1 Å². The van der Waals surface area contributed by atoms with E-state index in [1.165, 1.54) is 0 Å². The summed E-state index contributed by atoms with van der Waals surface area (Å²) in [5.41, 5.74) is 2.70. The number of aromatic nitrogens is 2. The number of carbonyl (C=O) groups excluding carboxylic acids is 1. The van der Waals surface area contributed by atoms with Crippen molar-refractivity contribution in [2.45, 2.75) is 12.8 Å². The van der Waals surface area contributed by atoms with E-state index in [4.69, 9.17) is 5.11 Å². The van der Waals surface area contributed by atoms with Crippen molar-refractivity contribution in [2.24, 2.45) is 0 Å². The summed E-state index contributed by atoms with van der Waals surface area (Å²) in [6.45, 7) is 0.0339. The van der Waals surface area contributed by atoms with Crippen LogP contribution in [0.5, 0.6) is 0 Å². The largest absolute Gasteiger partial charge is 0.396 e. The summed E-state index contributed by atoms with van der Waals surface area (Å²) in [5.74, 6) is -0.0849. The zero-order valence-corrected chi connectivity index (χ0v) is 9.89. The molecule has 2 aromatic rings. The van der Waals surface area contributed by atoms with Crippen LogP contribution in [-0.2, 0) is 4.79 Å². The molecule has 1 heterocycles. The van der Waals surface area contributed by atoms with Crippen molar-refractivity contribution in [1.29, 1.82) is 0 Å². The standard InChI is InChI=1S/C13H15N3O2/c17-7-1-2-13(18)16-11-5-3-10(4-6-11)12-8-14-9-15-12/h3-6,8-9,17H,1-2,7H2,(H,14,15)(H,16,18). The smallest absolute Gasteiger partial charge is 0.224 e. The number of benzene rings is 1. The fourth-order valence-electron chi connectivity index (χ4n) is 1.61. The van der Waals surface area contributed by atoms with E-state index in [1.807, 2.05) is 24.3 Å². The Balaban J connectivity index is 1.98. The maximum absolute atomic E-state index is 11.4. The molecule has 0 bridgehead atoms. The highest BCUT2D eigenvalue weighted by Gasteiger charge is 2.03. The van der Waals surface area contributed by atoms with Crippen molar-refractivity contribution in [1.82, 2.24) is 9.97 Å². The van der Waals surface area contributed by atoms with Crippen molar-refractivity contribution in [3.8, 4) is 11.3 Å². The van der Waals surface area contributed by atoms with E-state index in [2.05, 4.69) is 15.3 Å². The van der Waals surface area contributed by atoms with Gasteiger partial charge in [0.25, 0.3) is 0 Å². The summed E-state index contributed by atoms with van der Waals surface area (Å²) in [7, 11) is 0. The zero-order valence-electron chi connectivity index (χ0n) is 9.89. The number of hydrogen-bond acceptors (Lipinski definition) is 3. The second-order valence-corrected chi connectivity index (χ2v) is 3.92. The molecule has 0 saturated heterocycles. The van der Waals surface area contributed by atoms with Gasteiger partial charge in [-0.3, -0.25) is 4.79 Å². The predicted molar refractivity (Wildman–Crippen MR) is 69.0 cm³/mol. The fraction of sp³-hybridized carbons (Fsp3) is 0.231. The Morgan fingerprint density at radius 2 is 2.11 bits per heavy atom. The van der Waals surface area contributed by atoms with Crippen molar-refractivity contribution in [3.63, 3.8) is 0 Å². The first-order chi connectivity index (χ1) is 8.79. The molecule has 94 valence electrons. The number of aliphatic hydroxyl groups is 1. The number of aromatic amines is 1. The Kier molecular flexibility index (Phi) is 4.09. The highest BCUT2D eigenvalue weighted by molar-refractivity contribution is 5.90. The minimum Gasteiger partial charge on any atom is -0.396 e. The number of amides is 1. The number of carbonyl (C=O) groups is 1. The minimum atomic E-state index is -0.0849. The van der Waals surface area contributed by atoms with E-state index >= 15 is 0 Å². The summed E-state index contributed by atoms with van der Waals surface area (Å²) < 4.78 is 0. The molecule has 1 aromatic heterocycles.